The van der Waals surface area contributed by atoms with E-state index < -0.39 is 17.9 Å². The highest BCUT2D eigenvalue weighted by Crippen LogP contribution is 2.25. The molecule has 0 aliphatic rings. The maximum atomic E-state index is 12.1. The van der Waals surface area contributed by atoms with Crippen molar-refractivity contribution in [3.8, 4) is 5.75 Å². The van der Waals surface area contributed by atoms with Gasteiger partial charge in [0.1, 0.15) is 11.9 Å². The van der Waals surface area contributed by atoms with Gasteiger partial charge >= 0.3 is 11.8 Å². The Hall–Kier alpha value is -2.42. The predicted molar refractivity (Wildman–Crippen MR) is 99.5 cm³/mol. The van der Waals surface area contributed by atoms with Gasteiger partial charge in [-0.25, -0.2) is 0 Å². The lowest BCUT2D eigenvalue weighted by molar-refractivity contribution is -0.136. The molecule has 0 bridgehead atoms. The van der Waals surface area contributed by atoms with Crippen LogP contribution in [0.15, 0.2) is 35.7 Å². The third-order valence-corrected chi connectivity index (χ3v) is 4.49. The molecule has 1 aromatic carbocycles. The molecule has 7 nitrogen and oxygen atoms in total. The third kappa shape index (κ3) is 5.55. The smallest absolute Gasteiger partial charge is 0.313 e. The van der Waals surface area contributed by atoms with Crippen LogP contribution in [0.3, 0.4) is 0 Å². The highest BCUT2D eigenvalue weighted by molar-refractivity contribution is 7.10. The van der Waals surface area contributed by atoms with Crippen molar-refractivity contribution in [2.45, 2.75) is 13.0 Å². The first kappa shape index (κ1) is 19.9. The van der Waals surface area contributed by atoms with Crippen molar-refractivity contribution in [1.82, 2.24) is 5.32 Å². The molecule has 1 heterocycles. The Kier molecular flexibility index (Phi) is 7.58. The van der Waals surface area contributed by atoms with Crippen LogP contribution in [0.4, 0.5) is 5.69 Å². The van der Waals surface area contributed by atoms with Crippen molar-refractivity contribution in [3.05, 3.63) is 46.2 Å². The largest absolute Gasteiger partial charge is 0.495 e. The molecule has 0 aliphatic heterocycles. The number of aliphatic hydroxyl groups excluding tert-OH is 1. The van der Waals surface area contributed by atoms with Gasteiger partial charge in [-0.3, -0.25) is 9.59 Å². The maximum absolute atomic E-state index is 12.1. The summed E-state index contributed by atoms with van der Waals surface area (Å²) in [5.41, 5.74) is 1.36. The Labute approximate surface area is 155 Å². The van der Waals surface area contributed by atoms with E-state index in [1.165, 1.54) is 18.4 Å². The van der Waals surface area contributed by atoms with E-state index in [1.54, 1.807) is 12.1 Å². The number of nitrogens with one attached hydrogen (secondary N) is 2. The summed E-state index contributed by atoms with van der Waals surface area (Å²) in [4.78, 5) is 25.2. The normalized spacial score (nSPS) is 11.7. The van der Waals surface area contributed by atoms with Gasteiger partial charge in [0.15, 0.2) is 0 Å². The van der Waals surface area contributed by atoms with Crippen LogP contribution >= 0.6 is 11.3 Å². The van der Waals surface area contributed by atoms with Crippen LogP contribution in [0.5, 0.6) is 5.75 Å². The number of hydrogen-bond donors (Lipinski definition) is 3. The van der Waals surface area contributed by atoms with Gasteiger partial charge in [0.05, 0.1) is 26.0 Å². The van der Waals surface area contributed by atoms with Gasteiger partial charge in [-0.15, -0.1) is 11.3 Å². The van der Waals surface area contributed by atoms with E-state index in [-0.39, 0.29) is 19.8 Å². The summed E-state index contributed by atoms with van der Waals surface area (Å²) in [5, 5.41) is 15.9. The van der Waals surface area contributed by atoms with Gasteiger partial charge in [0.2, 0.25) is 0 Å². The van der Waals surface area contributed by atoms with E-state index in [9.17, 15) is 9.59 Å². The summed E-state index contributed by atoms with van der Waals surface area (Å²) < 4.78 is 10.7. The number of aliphatic hydroxyl groups is 1. The van der Waals surface area contributed by atoms with Gasteiger partial charge in [0.25, 0.3) is 0 Å². The molecular formula is C18H22N2O5S. The lowest BCUT2D eigenvalue weighted by atomic mass is 10.2. The summed E-state index contributed by atoms with van der Waals surface area (Å²) in [6.07, 6.45) is -0.424. The minimum absolute atomic E-state index is 0.122. The second-order valence-corrected chi connectivity index (χ2v) is 6.45. The van der Waals surface area contributed by atoms with E-state index in [2.05, 4.69) is 10.6 Å². The molecule has 2 amide bonds. The molecule has 0 fully saturated rings. The Bertz CT molecular complexity index is 733. The Morgan fingerprint density at radius 3 is 2.73 bits per heavy atom. The first-order chi connectivity index (χ1) is 12.5. The van der Waals surface area contributed by atoms with Gasteiger partial charge in [-0.1, -0.05) is 12.1 Å². The van der Waals surface area contributed by atoms with Crippen LogP contribution in [0.2, 0.25) is 0 Å². The number of methoxy groups -OCH3 is 1. The standard InChI is InChI=1S/C18H22N2O5S/c1-12-5-6-14(24-2)13(10-12)20-18(23)17(22)19-11-15(25-8-7-21)16-4-3-9-26-16/h3-6,9-10,15,21H,7-8,11H2,1-2H3,(H,19,22)(H,20,23)/t15-/m0/s1. The minimum Gasteiger partial charge on any atom is -0.495 e. The Morgan fingerprint density at radius 2 is 2.08 bits per heavy atom. The van der Waals surface area contributed by atoms with E-state index in [4.69, 9.17) is 14.6 Å². The molecule has 0 saturated carbocycles. The number of hydrogen-bond acceptors (Lipinski definition) is 6. The minimum atomic E-state index is -0.791. The molecule has 0 spiro atoms. The molecule has 8 heteroatoms. The van der Waals surface area contributed by atoms with E-state index in [1.807, 2.05) is 30.5 Å². The monoisotopic (exact) mass is 378 g/mol. The summed E-state index contributed by atoms with van der Waals surface area (Å²) in [7, 11) is 1.49. The molecule has 26 heavy (non-hydrogen) atoms. The van der Waals surface area contributed by atoms with Crippen molar-refractivity contribution >= 4 is 28.8 Å². The molecule has 2 aromatic rings. The van der Waals surface area contributed by atoms with Crippen molar-refractivity contribution in [2.24, 2.45) is 0 Å². The van der Waals surface area contributed by atoms with Gasteiger partial charge in [-0.2, -0.15) is 0 Å². The highest BCUT2D eigenvalue weighted by Gasteiger charge is 2.19. The summed E-state index contributed by atoms with van der Waals surface area (Å²) >= 11 is 1.48. The second-order valence-electron chi connectivity index (χ2n) is 5.47. The number of ether oxygens (including phenoxy) is 2. The molecule has 1 aromatic heterocycles. The number of carbonyl (C=O) groups excluding carboxylic acids is 2. The van der Waals surface area contributed by atoms with Crippen LogP contribution in [-0.4, -0.2) is 43.8 Å². The average molecular weight is 378 g/mol. The molecule has 3 N–H and O–H groups in total. The fourth-order valence-corrected chi connectivity index (χ4v) is 3.05. The average Bonchev–Trinajstić information content (AvgIpc) is 3.16. The van der Waals surface area contributed by atoms with Gasteiger partial charge in [-0.05, 0) is 36.1 Å². The van der Waals surface area contributed by atoms with Crippen molar-refractivity contribution in [1.29, 1.82) is 0 Å². The molecule has 1 atom stereocenters. The quantitative estimate of drug-likeness (QED) is 0.610. The van der Waals surface area contributed by atoms with Crippen molar-refractivity contribution < 1.29 is 24.2 Å². The Morgan fingerprint density at radius 1 is 1.27 bits per heavy atom. The number of carbonyl (C=O) groups is 2. The molecular weight excluding hydrogens is 356 g/mol. The summed E-state index contributed by atoms with van der Waals surface area (Å²) in [6.45, 7) is 2.02. The first-order valence-corrected chi connectivity index (χ1v) is 8.92. The molecule has 0 unspecified atom stereocenters. The van der Waals surface area contributed by atoms with Crippen LogP contribution in [-0.2, 0) is 14.3 Å². The van der Waals surface area contributed by atoms with Crippen LogP contribution in [0.25, 0.3) is 0 Å². The zero-order valence-electron chi connectivity index (χ0n) is 14.7. The number of rotatable bonds is 8. The van der Waals surface area contributed by atoms with E-state index >= 15 is 0 Å². The van der Waals surface area contributed by atoms with Crippen LogP contribution in [0.1, 0.15) is 16.5 Å². The fraction of sp³-hybridized carbons (Fsp3) is 0.333. The van der Waals surface area contributed by atoms with Gasteiger partial charge < -0.3 is 25.2 Å². The van der Waals surface area contributed by atoms with Crippen molar-refractivity contribution in [3.63, 3.8) is 0 Å². The highest BCUT2D eigenvalue weighted by atomic mass is 32.1. The Balaban J connectivity index is 1.95. The number of amides is 2. The lowest BCUT2D eigenvalue weighted by Gasteiger charge is -2.17. The van der Waals surface area contributed by atoms with E-state index in [0.29, 0.717) is 11.4 Å². The van der Waals surface area contributed by atoms with Crippen LogP contribution < -0.4 is 15.4 Å². The SMILES string of the molecule is COc1ccc(C)cc1NC(=O)C(=O)NC[C@H](OCCO)c1cccs1. The zero-order chi connectivity index (χ0) is 18.9. The molecule has 0 saturated heterocycles. The lowest BCUT2D eigenvalue weighted by Crippen LogP contribution is -2.38. The van der Waals surface area contributed by atoms with Crippen molar-refractivity contribution in [2.75, 3.05) is 32.2 Å². The van der Waals surface area contributed by atoms with Crippen LogP contribution in [0, 0.1) is 6.92 Å². The molecule has 2 rings (SSSR count). The number of thiophene rings is 1. The molecule has 0 aliphatic carbocycles. The summed E-state index contributed by atoms with van der Waals surface area (Å²) in [5.74, 6) is -1.09. The predicted octanol–water partition coefficient (Wildman–Crippen LogP) is 1.87. The molecule has 140 valence electrons. The fourth-order valence-electron chi connectivity index (χ4n) is 2.28. The topological polar surface area (TPSA) is 96.9 Å². The third-order valence-electron chi connectivity index (χ3n) is 3.53. The maximum Gasteiger partial charge on any atom is 0.313 e. The first-order valence-electron chi connectivity index (χ1n) is 8.04. The second kappa shape index (κ2) is 9.91. The number of anilines is 1. The van der Waals surface area contributed by atoms with E-state index in [0.717, 1.165) is 10.4 Å². The van der Waals surface area contributed by atoms with Gasteiger partial charge in [0, 0.05) is 11.4 Å². The number of aryl methyl sites for hydroxylation is 1. The summed E-state index contributed by atoms with van der Waals surface area (Å²) in [6, 6.07) is 9.03. The zero-order valence-corrected chi connectivity index (χ0v) is 15.5. The molecule has 0 radical (unpaired) electrons. The number of benzene rings is 1.